The first-order valence-electron chi connectivity index (χ1n) is 16.0. The molecule has 0 amide bonds. The molecule has 0 unspecified atom stereocenters. The lowest BCUT2D eigenvalue weighted by Crippen LogP contribution is -2.13. The maximum absolute atomic E-state index is 13.3. The largest absolute Gasteiger partial charge is 0.493 e. The molecule has 3 aromatic carbocycles. The highest BCUT2D eigenvalue weighted by Crippen LogP contribution is 2.43. The molecule has 11 heteroatoms. The van der Waals surface area contributed by atoms with Crippen molar-refractivity contribution in [1.29, 1.82) is 0 Å². The number of benzene rings is 3. The van der Waals surface area contributed by atoms with Crippen molar-refractivity contribution in [3.8, 4) is 16.9 Å². The van der Waals surface area contributed by atoms with Crippen LogP contribution in [0.15, 0.2) is 48.5 Å². The van der Waals surface area contributed by atoms with Crippen LogP contribution < -0.4 is 4.74 Å². The number of carbonyl (C=O) groups is 1. The third-order valence-electron chi connectivity index (χ3n) is 9.36. The SMILES string of the molecule is COC(=O)c1c(C)c2c3c(Cl)ccc2n1CCCOc1cc(cc2cc(Cl)ccc12)CCc1cc(nn1C)CSCc1nn(C)c(C)c1-3. The fraction of sp³-hybridized carbons (Fsp3) is 0.324. The maximum Gasteiger partial charge on any atom is 0.354 e. The van der Waals surface area contributed by atoms with E-state index in [4.69, 9.17) is 42.9 Å². The van der Waals surface area contributed by atoms with Crippen molar-refractivity contribution in [2.24, 2.45) is 14.1 Å². The van der Waals surface area contributed by atoms with Crippen LogP contribution in [-0.4, -0.2) is 43.8 Å². The molecule has 6 aromatic rings. The number of methoxy groups -OCH3 is 1. The van der Waals surface area contributed by atoms with E-state index in [9.17, 15) is 4.79 Å². The van der Waals surface area contributed by atoms with Crippen LogP contribution in [0.4, 0.5) is 0 Å². The lowest BCUT2D eigenvalue weighted by molar-refractivity contribution is 0.0587. The lowest BCUT2D eigenvalue weighted by atomic mass is 9.97. The first kappa shape index (κ1) is 32.6. The molecule has 0 spiro atoms. The summed E-state index contributed by atoms with van der Waals surface area (Å²) in [6.07, 6.45) is 2.34. The second kappa shape index (κ2) is 13.2. The van der Waals surface area contributed by atoms with E-state index >= 15 is 0 Å². The van der Waals surface area contributed by atoms with Gasteiger partial charge in [-0.2, -0.15) is 10.2 Å². The van der Waals surface area contributed by atoms with Crippen LogP contribution in [0.5, 0.6) is 5.75 Å². The Kier molecular flexibility index (Phi) is 8.96. The highest BCUT2D eigenvalue weighted by atomic mass is 35.5. The summed E-state index contributed by atoms with van der Waals surface area (Å²) in [5.74, 6) is 1.86. The Balaban J connectivity index is 1.37. The van der Waals surface area contributed by atoms with E-state index in [2.05, 4.69) is 29.7 Å². The van der Waals surface area contributed by atoms with Gasteiger partial charge in [0.2, 0.25) is 0 Å². The highest BCUT2D eigenvalue weighted by molar-refractivity contribution is 7.97. The van der Waals surface area contributed by atoms with E-state index in [1.54, 1.807) is 11.8 Å². The van der Waals surface area contributed by atoms with Crippen LogP contribution in [0.2, 0.25) is 10.0 Å². The van der Waals surface area contributed by atoms with Gasteiger partial charge in [-0.25, -0.2) is 4.79 Å². The Morgan fingerprint density at radius 1 is 0.958 bits per heavy atom. The smallest absolute Gasteiger partial charge is 0.354 e. The molecule has 248 valence electrons. The monoisotopic (exact) mass is 701 g/mol. The second-order valence-electron chi connectivity index (χ2n) is 12.4. The molecular formula is C37H37Cl2N5O3S. The quantitative estimate of drug-likeness (QED) is 0.160. The molecule has 0 saturated heterocycles. The van der Waals surface area contributed by atoms with Gasteiger partial charge in [-0.05, 0) is 92.1 Å². The maximum atomic E-state index is 13.3. The van der Waals surface area contributed by atoms with E-state index in [1.807, 2.05) is 60.7 Å². The fourth-order valence-corrected chi connectivity index (χ4v) is 8.27. The molecule has 0 saturated carbocycles. The number of aryl methyl sites for hydroxylation is 6. The van der Waals surface area contributed by atoms with Crippen molar-refractivity contribution >= 4 is 62.6 Å². The number of halogens is 2. The van der Waals surface area contributed by atoms with E-state index in [-0.39, 0.29) is 5.97 Å². The predicted molar refractivity (Wildman–Crippen MR) is 195 cm³/mol. The number of hydrogen-bond acceptors (Lipinski definition) is 6. The summed E-state index contributed by atoms with van der Waals surface area (Å²) in [5.41, 5.74) is 9.49. The van der Waals surface area contributed by atoms with Crippen LogP contribution in [0.1, 0.15) is 50.8 Å². The first-order chi connectivity index (χ1) is 23.1. The van der Waals surface area contributed by atoms with E-state index in [0.29, 0.717) is 41.1 Å². The number of rotatable bonds is 1. The molecule has 1 aliphatic heterocycles. The minimum absolute atomic E-state index is 0.384. The summed E-state index contributed by atoms with van der Waals surface area (Å²) in [6.45, 7) is 5.04. The first-order valence-corrected chi connectivity index (χ1v) is 17.9. The Morgan fingerprint density at radius 2 is 1.79 bits per heavy atom. The normalized spacial score (nSPS) is 14.1. The second-order valence-corrected chi connectivity index (χ2v) is 14.2. The van der Waals surface area contributed by atoms with Gasteiger partial charge in [0.1, 0.15) is 11.4 Å². The van der Waals surface area contributed by atoms with Crippen molar-refractivity contribution in [3.63, 3.8) is 0 Å². The Labute approximate surface area is 293 Å². The van der Waals surface area contributed by atoms with Crippen LogP contribution in [0, 0.1) is 13.8 Å². The predicted octanol–water partition coefficient (Wildman–Crippen LogP) is 8.64. The third-order valence-corrected chi connectivity index (χ3v) is 10.9. The number of aromatic nitrogens is 5. The van der Waals surface area contributed by atoms with Gasteiger partial charge in [0.05, 0.1) is 25.1 Å². The number of fused-ring (bicyclic) bond motifs is 8. The van der Waals surface area contributed by atoms with Gasteiger partial charge in [0.15, 0.2) is 0 Å². The Bertz CT molecular complexity index is 2220. The number of hydrogen-bond donors (Lipinski definition) is 0. The van der Waals surface area contributed by atoms with Crippen molar-refractivity contribution < 1.29 is 14.3 Å². The van der Waals surface area contributed by atoms with Gasteiger partial charge in [-0.15, -0.1) is 11.8 Å². The summed E-state index contributed by atoms with van der Waals surface area (Å²) < 4.78 is 17.8. The van der Waals surface area contributed by atoms with Gasteiger partial charge >= 0.3 is 5.97 Å². The molecule has 1 aliphatic rings. The fourth-order valence-electron chi connectivity index (χ4n) is 6.99. The van der Waals surface area contributed by atoms with Gasteiger partial charge in [0, 0.05) is 81.0 Å². The summed E-state index contributed by atoms with van der Waals surface area (Å²) in [6, 6.07) is 16.4. The molecule has 48 heavy (non-hydrogen) atoms. The molecule has 0 atom stereocenters. The molecule has 7 rings (SSSR count). The van der Waals surface area contributed by atoms with E-state index in [0.717, 1.165) is 79.8 Å². The molecule has 8 bridgehead atoms. The highest BCUT2D eigenvalue weighted by Gasteiger charge is 2.27. The number of ether oxygens (including phenoxy) is 2. The average Bonchev–Trinajstić information content (AvgIpc) is 3.66. The number of carbonyl (C=O) groups excluding carboxylic acids is 1. The Morgan fingerprint density at radius 3 is 2.60 bits per heavy atom. The van der Waals surface area contributed by atoms with Crippen LogP contribution in [-0.2, 0) is 49.7 Å². The summed E-state index contributed by atoms with van der Waals surface area (Å²) in [4.78, 5) is 13.3. The third kappa shape index (κ3) is 5.86. The van der Waals surface area contributed by atoms with Crippen LogP contribution >= 0.6 is 35.0 Å². The number of nitrogens with zero attached hydrogens (tertiary/aromatic N) is 5. The topological polar surface area (TPSA) is 76.1 Å². The standard InChI is InChI=1S/C37H37Cl2N5O3S/c1-21-33-31-12-11-29(39)35(33)34-22(2)42(3)41-30(34)20-48-19-26-18-27(43(4)40-26)9-7-23-15-24-17-25(38)8-10-28(24)32(16-23)47-14-6-13-44(31)36(21)37(45)46-5/h8,10-12,15-18H,6-7,9,13-14,19-20H2,1-5H3. The van der Waals surface area contributed by atoms with Gasteiger partial charge in [-0.3, -0.25) is 9.36 Å². The van der Waals surface area contributed by atoms with Gasteiger partial charge in [-0.1, -0.05) is 29.3 Å². The van der Waals surface area contributed by atoms with Gasteiger partial charge in [0.25, 0.3) is 0 Å². The lowest BCUT2D eigenvalue weighted by Gasteiger charge is -2.14. The molecule has 0 N–H and O–H groups in total. The molecular weight excluding hydrogens is 665 g/mol. The molecule has 0 fully saturated rings. The zero-order chi connectivity index (χ0) is 33.7. The summed E-state index contributed by atoms with van der Waals surface area (Å²) >= 11 is 15.2. The van der Waals surface area contributed by atoms with Crippen molar-refractivity contribution in [1.82, 2.24) is 24.1 Å². The number of esters is 1. The van der Waals surface area contributed by atoms with E-state index in [1.165, 1.54) is 18.4 Å². The van der Waals surface area contributed by atoms with Crippen LogP contribution in [0.25, 0.3) is 32.8 Å². The summed E-state index contributed by atoms with van der Waals surface area (Å²) in [7, 11) is 5.39. The van der Waals surface area contributed by atoms with Crippen LogP contribution in [0.3, 0.4) is 0 Å². The molecule has 8 nitrogen and oxygen atoms in total. The number of thioether (sulfide) groups is 1. The molecule has 0 radical (unpaired) electrons. The van der Waals surface area contributed by atoms with Gasteiger partial charge < -0.3 is 14.0 Å². The molecule has 0 aliphatic carbocycles. The van der Waals surface area contributed by atoms with Crippen molar-refractivity contribution in [3.05, 3.63) is 98.2 Å². The zero-order valence-electron chi connectivity index (χ0n) is 27.7. The van der Waals surface area contributed by atoms with E-state index < -0.39 is 0 Å². The minimum Gasteiger partial charge on any atom is -0.493 e. The minimum atomic E-state index is -0.384. The average molecular weight is 703 g/mol. The van der Waals surface area contributed by atoms with Crippen molar-refractivity contribution in [2.45, 2.75) is 51.2 Å². The summed E-state index contributed by atoms with van der Waals surface area (Å²) in [5, 5.41) is 14.1. The Hall–Kier alpha value is -3.92. The molecule has 3 aromatic heterocycles. The molecule has 4 heterocycles. The zero-order valence-corrected chi connectivity index (χ0v) is 30.0. The van der Waals surface area contributed by atoms with Crippen molar-refractivity contribution in [2.75, 3.05) is 13.7 Å².